The number of benzene rings is 1. The largest absolute Gasteiger partial charge is 0.481 e. The molecule has 0 fully saturated rings. The highest BCUT2D eigenvalue weighted by atomic mass is 16.5. The third-order valence-electron chi connectivity index (χ3n) is 2.06. The SMILES string of the molecule is COc1cc(OCc2ccccc2)ncn1. The fourth-order valence-electron chi connectivity index (χ4n) is 1.24. The maximum atomic E-state index is 5.50. The molecule has 2 aromatic rings. The van der Waals surface area contributed by atoms with Crippen molar-refractivity contribution in [2.45, 2.75) is 6.61 Å². The number of ether oxygens (including phenoxy) is 2. The Morgan fingerprint density at radius 1 is 1.06 bits per heavy atom. The lowest BCUT2D eigenvalue weighted by Gasteiger charge is -2.05. The van der Waals surface area contributed by atoms with Crippen LogP contribution in [-0.2, 0) is 6.61 Å². The van der Waals surface area contributed by atoms with Gasteiger partial charge in [-0.25, -0.2) is 9.97 Å². The molecule has 0 aliphatic carbocycles. The highest BCUT2D eigenvalue weighted by molar-refractivity contribution is 5.19. The van der Waals surface area contributed by atoms with Crippen LogP contribution in [-0.4, -0.2) is 17.1 Å². The van der Waals surface area contributed by atoms with E-state index in [1.54, 1.807) is 13.2 Å². The van der Waals surface area contributed by atoms with Gasteiger partial charge >= 0.3 is 0 Å². The topological polar surface area (TPSA) is 44.2 Å². The van der Waals surface area contributed by atoms with Crippen molar-refractivity contribution in [3.05, 3.63) is 48.3 Å². The van der Waals surface area contributed by atoms with Crippen LogP contribution >= 0.6 is 0 Å². The number of nitrogens with zero attached hydrogens (tertiary/aromatic N) is 2. The normalized spacial score (nSPS) is 9.81. The molecule has 0 aliphatic heterocycles. The maximum absolute atomic E-state index is 5.50. The summed E-state index contributed by atoms with van der Waals surface area (Å²) in [6.45, 7) is 0.487. The molecule has 4 nitrogen and oxygen atoms in total. The molecule has 0 saturated carbocycles. The van der Waals surface area contributed by atoms with E-state index in [-0.39, 0.29) is 0 Å². The van der Waals surface area contributed by atoms with Gasteiger partial charge in [-0.3, -0.25) is 0 Å². The highest BCUT2D eigenvalue weighted by Crippen LogP contribution is 2.13. The molecule has 1 aromatic carbocycles. The number of hydrogen-bond acceptors (Lipinski definition) is 4. The summed E-state index contributed by atoms with van der Waals surface area (Å²) in [6, 6.07) is 11.6. The minimum atomic E-state index is 0.487. The molecule has 0 atom stereocenters. The smallest absolute Gasteiger partial charge is 0.220 e. The molecule has 1 aromatic heterocycles. The summed E-state index contributed by atoms with van der Waals surface area (Å²) in [5.74, 6) is 1.01. The lowest BCUT2D eigenvalue weighted by Crippen LogP contribution is -1.98. The molecular weight excluding hydrogens is 204 g/mol. The lowest BCUT2D eigenvalue weighted by atomic mass is 10.2. The zero-order valence-electron chi connectivity index (χ0n) is 8.96. The van der Waals surface area contributed by atoms with Gasteiger partial charge in [-0.1, -0.05) is 30.3 Å². The molecule has 2 rings (SSSR count). The number of methoxy groups -OCH3 is 1. The summed E-state index contributed by atoms with van der Waals surface area (Å²) in [6.07, 6.45) is 1.42. The average molecular weight is 216 g/mol. The van der Waals surface area contributed by atoms with Gasteiger partial charge in [0.2, 0.25) is 11.8 Å². The zero-order valence-corrected chi connectivity index (χ0v) is 8.96. The summed E-state index contributed by atoms with van der Waals surface area (Å²) in [5, 5.41) is 0. The van der Waals surface area contributed by atoms with Crippen LogP contribution in [0.1, 0.15) is 5.56 Å². The molecule has 0 radical (unpaired) electrons. The van der Waals surface area contributed by atoms with E-state index in [1.807, 2.05) is 30.3 Å². The number of rotatable bonds is 4. The standard InChI is InChI=1S/C12H12N2O2/c1-15-11-7-12(14-9-13-11)16-8-10-5-3-2-4-6-10/h2-7,9H,8H2,1H3. The Hall–Kier alpha value is -2.10. The Morgan fingerprint density at radius 2 is 1.81 bits per heavy atom. The van der Waals surface area contributed by atoms with Crippen molar-refractivity contribution in [3.63, 3.8) is 0 Å². The molecule has 0 aliphatic rings. The number of hydrogen-bond donors (Lipinski definition) is 0. The van der Waals surface area contributed by atoms with E-state index in [1.165, 1.54) is 6.33 Å². The fourth-order valence-corrected chi connectivity index (χ4v) is 1.24. The summed E-state index contributed by atoms with van der Waals surface area (Å²) >= 11 is 0. The Bertz CT molecular complexity index is 446. The van der Waals surface area contributed by atoms with Gasteiger partial charge in [0.25, 0.3) is 0 Å². The van der Waals surface area contributed by atoms with Crippen molar-refractivity contribution in [1.29, 1.82) is 0 Å². The van der Waals surface area contributed by atoms with Crippen molar-refractivity contribution in [2.75, 3.05) is 7.11 Å². The molecular formula is C12H12N2O2. The van der Waals surface area contributed by atoms with Gasteiger partial charge in [-0.15, -0.1) is 0 Å². The molecule has 0 unspecified atom stereocenters. The van der Waals surface area contributed by atoms with Crippen molar-refractivity contribution in [3.8, 4) is 11.8 Å². The predicted octanol–water partition coefficient (Wildman–Crippen LogP) is 2.06. The first kappa shape index (κ1) is 10.4. The zero-order chi connectivity index (χ0) is 11.2. The lowest BCUT2D eigenvalue weighted by molar-refractivity contribution is 0.289. The summed E-state index contributed by atoms with van der Waals surface area (Å²) in [7, 11) is 1.56. The summed E-state index contributed by atoms with van der Waals surface area (Å²) in [4.78, 5) is 7.89. The molecule has 0 spiro atoms. The number of aromatic nitrogens is 2. The van der Waals surface area contributed by atoms with E-state index in [9.17, 15) is 0 Å². The summed E-state index contributed by atoms with van der Waals surface area (Å²) < 4.78 is 10.5. The van der Waals surface area contributed by atoms with Gasteiger partial charge in [0, 0.05) is 0 Å². The van der Waals surface area contributed by atoms with Gasteiger partial charge in [0.15, 0.2) is 0 Å². The van der Waals surface area contributed by atoms with Gasteiger partial charge in [-0.05, 0) is 5.56 Å². The Labute approximate surface area is 93.9 Å². The fraction of sp³-hybridized carbons (Fsp3) is 0.167. The molecule has 0 amide bonds. The third kappa shape index (κ3) is 2.70. The molecule has 0 bridgehead atoms. The molecule has 1 heterocycles. The van der Waals surface area contributed by atoms with Crippen molar-refractivity contribution < 1.29 is 9.47 Å². The van der Waals surface area contributed by atoms with E-state index in [0.29, 0.717) is 18.4 Å². The van der Waals surface area contributed by atoms with E-state index in [2.05, 4.69) is 9.97 Å². The molecule has 4 heteroatoms. The molecule has 0 N–H and O–H groups in total. The Balaban J connectivity index is 1.99. The van der Waals surface area contributed by atoms with Crippen LogP contribution in [0.5, 0.6) is 11.8 Å². The van der Waals surface area contributed by atoms with E-state index in [0.717, 1.165) is 5.56 Å². The van der Waals surface area contributed by atoms with Crippen molar-refractivity contribution in [2.24, 2.45) is 0 Å². The van der Waals surface area contributed by atoms with Crippen LogP contribution in [0, 0.1) is 0 Å². The minimum absolute atomic E-state index is 0.487. The van der Waals surface area contributed by atoms with Crippen molar-refractivity contribution >= 4 is 0 Å². The quantitative estimate of drug-likeness (QED) is 0.784. The molecule has 16 heavy (non-hydrogen) atoms. The van der Waals surface area contributed by atoms with Crippen LogP contribution in [0.4, 0.5) is 0 Å². The van der Waals surface area contributed by atoms with Gasteiger partial charge < -0.3 is 9.47 Å². The average Bonchev–Trinajstić information content (AvgIpc) is 2.38. The maximum Gasteiger partial charge on any atom is 0.220 e. The van der Waals surface area contributed by atoms with Crippen LogP contribution < -0.4 is 9.47 Å². The van der Waals surface area contributed by atoms with Gasteiger partial charge in [-0.2, -0.15) is 0 Å². The molecule has 82 valence electrons. The van der Waals surface area contributed by atoms with Crippen molar-refractivity contribution in [1.82, 2.24) is 9.97 Å². The van der Waals surface area contributed by atoms with Crippen LogP contribution in [0.25, 0.3) is 0 Å². The first-order valence-electron chi connectivity index (χ1n) is 4.91. The minimum Gasteiger partial charge on any atom is -0.481 e. The monoisotopic (exact) mass is 216 g/mol. The van der Waals surface area contributed by atoms with E-state index >= 15 is 0 Å². The Kier molecular flexibility index (Phi) is 3.33. The predicted molar refractivity (Wildman–Crippen MR) is 59.4 cm³/mol. The highest BCUT2D eigenvalue weighted by Gasteiger charge is 1.99. The molecule has 0 saturated heterocycles. The second kappa shape index (κ2) is 5.11. The second-order valence-electron chi connectivity index (χ2n) is 3.17. The first-order valence-corrected chi connectivity index (χ1v) is 4.91. The van der Waals surface area contributed by atoms with Gasteiger partial charge in [0.05, 0.1) is 13.2 Å². The van der Waals surface area contributed by atoms with Crippen LogP contribution in [0.3, 0.4) is 0 Å². The van der Waals surface area contributed by atoms with Gasteiger partial charge in [0.1, 0.15) is 12.9 Å². The Morgan fingerprint density at radius 3 is 2.56 bits per heavy atom. The van der Waals surface area contributed by atoms with E-state index < -0.39 is 0 Å². The van der Waals surface area contributed by atoms with Crippen LogP contribution in [0.2, 0.25) is 0 Å². The third-order valence-corrected chi connectivity index (χ3v) is 2.06. The summed E-state index contributed by atoms with van der Waals surface area (Å²) in [5.41, 5.74) is 1.10. The second-order valence-corrected chi connectivity index (χ2v) is 3.17. The first-order chi connectivity index (χ1) is 7.88. The van der Waals surface area contributed by atoms with Crippen LogP contribution in [0.15, 0.2) is 42.7 Å². The van der Waals surface area contributed by atoms with E-state index in [4.69, 9.17) is 9.47 Å².